The third-order valence-electron chi connectivity index (χ3n) is 5.77. The molecule has 2 N–H and O–H groups in total. The number of pyridine rings is 1. The van der Waals surface area contributed by atoms with Gasteiger partial charge in [-0.2, -0.15) is 0 Å². The van der Waals surface area contributed by atoms with Crippen LogP contribution in [-0.4, -0.2) is 65.9 Å². The van der Waals surface area contributed by atoms with Crippen LogP contribution in [0.15, 0.2) is 36.5 Å². The molecule has 1 aromatic carbocycles. The van der Waals surface area contributed by atoms with Gasteiger partial charge in [-0.15, -0.1) is 0 Å². The molecule has 2 amide bonds. The summed E-state index contributed by atoms with van der Waals surface area (Å²) in [7, 11) is 2.08. The molecule has 11 heteroatoms. The van der Waals surface area contributed by atoms with Crippen LogP contribution in [0.3, 0.4) is 0 Å². The van der Waals surface area contributed by atoms with Gasteiger partial charge in [0, 0.05) is 56.6 Å². The lowest BCUT2D eigenvalue weighted by Crippen LogP contribution is -2.49. The molecule has 34 heavy (non-hydrogen) atoms. The maximum Gasteiger partial charge on any atom is 0.270 e. The number of likely N-dealkylation sites (N-methyl/N-ethyl adjacent to an activating group) is 1. The first kappa shape index (κ1) is 25.4. The van der Waals surface area contributed by atoms with Crippen LogP contribution >= 0.6 is 11.6 Å². The summed E-state index contributed by atoms with van der Waals surface area (Å²) in [4.78, 5) is 45.1. The molecule has 0 spiro atoms. The Kier molecular flexibility index (Phi) is 8.41. The molecule has 0 aliphatic carbocycles. The van der Waals surface area contributed by atoms with Crippen LogP contribution in [0.2, 0.25) is 5.02 Å². The molecule has 182 valence electrons. The number of nitro groups is 1. The molecule has 1 aliphatic rings. The highest BCUT2D eigenvalue weighted by Crippen LogP contribution is 2.23. The number of halogens is 1. The van der Waals surface area contributed by atoms with E-state index >= 15 is 0 Å². The standard InChI is InChI=1S/C23H29ClN6O4/c1-15(2)20(27-22(31)18-7-6-17(30(33)34)13-19(18)24)23(32)26-14-16-5-4-8-25-21(16)29-11-9-28(3)10-12-29/h4-8,13,15,20H,9-12,14H2,1-3H3,(H,26,32)(H,27,31). The Morgan fingerprint density at radius 1 is 1.21 bits per heavy atom. The highest BCUT2D eigenvalue weighted by Gasteiger charge is 2.26. The SMILES string of the molecule is CC(C)C(NC(=O)c1ccc([N+](=O)[O-])cc1Cl)C(=O)NCc1cccnc1N1CCN(C)CC1. The van der Waals surface area contributed by atoms with E-state index in [2.05, 4.69) is 32.5 Å². The van der Waals surface area contributed by atoms with Crippen molar-refractivity contribution in [2.24, 2.45) is 5.92 Å². The van der Waals surface area contributed by atoms with Gasteiger partial charge in [0.2, 0.25) is 5.91 Å². The fraction of sp³-hybridized carbons (Fsp3) is 0.435. The van der Waals surface area contributed by atoms with Crippen LogP contribution in [0, 0.1) is 16.0 Å². The van der Waals surface area contributed by atoms with E-state index in [1.54, 1.807) is 6.20 Å². The largest absolute Gasteiger partial charge is 0.354 e. The second kappa shape index (κ2) is 11.3. The molecule has 0 saturated carbocycles. The van der Waals surface area contributed by atoms with Gasteiger partial charge in [0.1, 0.15) is 11.9 Å². The Hall–Kier alpha value is -3.24. The zero-order valence-corrected chi connectivity index (χ0v) is 20.2. The first-order valence-corrected chi connectivity index (χ1v) is 11.4. The van der Waals surface area contributed by atoms with Crippen LogP contribution in [0.5, 0.6) is 0 Å². The highest BCUT2D eigenvalue weighted by atomic mass is 35.5. The average molecular weight is 489 g/mol. The van der Waals surface area contributed by atoms with E-state index in [0.29, 0.717) is 0 Å². The number of hydrogen-bond acceptors (Lipinski definition) is 7. The number of carbonyl (C=O) groups excluding carboxylic acids is 2. The number of aromatic nitrogens is 1. The first-order chi connectivity index (χ1) is 16.2. The van der Waals surface area contributed by atoms with Gasteiger partial charge >= 0.3 is 0 Å². The fourth-order valence-corrected chi connectivity index (χ4v) is 3.98. The summed E-state index contributed by atoms with van der Waals surface area (Å²) in [6.45, 7) is 7.50. The van der Waals surface area contributed by atoms with Crippen LogP contribution < -0.4 is 15.5 Å². The van der Waals surface area contributed by atoms with Gasteiger partial charge in [0.25, 0.3) is 11.6 Å². The summed E-state index contributed by atoms with van der Waals surface area (Å²) in [5.74, 6) is -0.270. The zero-order chi connectivity index (χ0) is 24.8. The number of nitrogens with one attached hydrogen (secondary N) is 2. The fourth-order valence-electron chi connectivity index (χ4n) is 3.72. The van der Waals surface area contributed by atoms with E-state index in [4.69, 9.17) is 11.6 Å². The number of hydrogen-bond donors (Lipinski definition) is 2. The summed E-state index contributed by atoms with van der Waals surface area (Å²) in [6.07, 6.45) is 1.74. The predicted molar refractivity (Wildman–Crippen MR) is 130 cm³/mol. The number of rotatable bonds is 8. The molecular formula is C23H29ClN6O4. The summed E-state index contributed by atoms with van der Waals surface area (Å²) < 4.78 is 0. The molecular weight excluding hydrogens is 460 g/mol. The topological polar surface area (TPSA) is 121 Å². The number of carbonyl (C=O) groups is 2. The summed E-state index contributed by atoms with van der Waals surface area (Å²) in [6, 6.07) is 6.54. The Labute approximate surface area is 203 Å². The van der Waals surface area contributed by atoms with Crippen molar-refractivity contribution in [2.75, 3.05) is 38.1 Å². The number of amides is 2. The Morgan fingerprint density at radius 2 is 1.91 bits per heavy atom. The molecule has 1 unspecified atom stereocenters. The van der Waals surface area contributed by atoms with E-state index in [0.717, 1.165) is 43.6 Å². The Balaban J connectivity index is 1.67. The van der Waals surface area contributed by atoms with E-state index in [-0.39, 0.29) is 34.6 Å². The van der Waals surface area contributed by atoms with Crippen molar-refractivity contribution < 1.29 is 14.5 Å². The van der Waals surface area contributed by atoms with Gasteiger partial charge in [-0.1, -0.05) is 31.5 Å². The van der Waals surface area contributed by atoms with Crippen LogP contribution in [-0.2, 0) is 11.3 Å². The predicted octanol–water partition coefficient (Wildman–Crippen LogP) is 2.47. The summed E-state index contributed by atoms with van der Waals surface area (Å²) >= 11 is 6.07. The molecule has 2 heterocycles. The van der Waals surface area contributed by atoms with E-state index in [1.807, 2.05) is 26.0 Å². The summed E-state index contributed by atoms with van der Waals surface area (Å²) in [5, 5.41) is 16.5. The first-order valence-electron chi connectivity index (χ1n) is 11.1. The summed E-state index contributed by atoms with van der Waals surface area (Å²) in [5.41, 5.74) is 0.746. The van der Waals surface area contributed by atoms with E-state index in [9.17, 15) is 19.7 Å². The maximum absolute atomic E-state index is 13.0. The maximum atomic E-state index is 13.0. The second-order valence-electron chi connectivity index (χ2n) is 8.61. The van der Waals surface area contributed by atoms with Gasteiger partial charge in [0.15, 0.2) is 0 Å². The lowest BCUT2D eigenvalue weighted by Gasteiger charge is -2.34. The molecule has 0 radical (unpaired) electrons. The van der Waals surface area contributed by atoms with Gasteiger partial charge < -0.3 is 20.4 Å². The molecule has 0 bridgehead atoms. The van der Waals surface area contributed by atoms with Crippen molar-refractivity contribution in [1.29, 1.82) is 0 Å². The van der Waals surface area contributed by atoms with Gasteiger partial charge in [-0.3, -0.25) is 19.7 Å². The average Bonchev–Trinajstić information content (AvgIpc) is 2.81. The molecule has 1 aromatic heterocycles. The lowest BCUT2D eigenvalue weighted by atomic mass is 10.0. The van der Waals surface area contributed by atoms with E-state index in [1.165, 1.54) is 12.1 Å². The van der Waals surface area contributed by atoms with Crippen molar-refractivity contribution in [2.45, 2.75) is 26.4 Å². The molecule has 2 aromatic rings. The molecule has 1 fully saturated rings. The molecule has 1 atom stereocenters. The molecule has 3 rings (SSSR count). The molecule has 10 nitrogen and oxygen atoms in total. The van der Waals surface area contributed by atoms with Crippen molar-refractivity contribution in [3.8, 4) is 0 Å². The number of anilines is 1. The smallest absolute Gasteiger partial charge is 0.270 e. The third kappa shape index (κ3) is 6.21. The highest BCUT2D eigenvalue weighted by molar-refractivity contribution is 6.34. The number of piperazine rings is 1. The van der Waals surface area contributed by atoms with Crippen LogP contribution in [0.25, 0.3) is 0 Å². The minimum absolute atomic E-state index is 0.0539. The van der Waals surface area contributed by atoms with Crippen LogP contribution in [0.1, 0.15) is 29.8 Å². The zero-order valence-electron chi connectivity index (χ0n) is 19.5. The second-order valence-corrected chi connectivity index (χ2v) is 9.02. The minimum atomic E-state index is -0.817. The number of benzene rings is 1. The number of nitro benzene ring substituents is 1. The van der Waals surface area contributed by atoms with Crippen molar-refractivity contribution >= 4 is 34.9 Å². The Morgan fingerprint density at radius 3 is 2.53 bits per heavy atom. The Bertz CT molecular complexity index is 1060. The van der Waals surface area contributed by atoms with Crippen molar-refractivity contribution in [3.63, 3.8) is 0 Å². The quantitative estimate of drug-likeness (QED) is 0.432. The molecule has 1 aliphatic heterocycles. The minimum Gasteiger partial charge on any atom is -0.354 e. The number of nitrogens with zero attached hydrogens (tertiary/aromatic N) is 4. The van der Waals surface area contributed by atoms with E-state index < -0.39 is 16.9 Å². The van der Waals surface area contributed by atoms with Gasteiger partial charge in [-0.05, 0) is 25.1 Å². The van der Waals surface area contributed by atoms with Gasteiger partial charge in [-0.25, -0.2) is 4.98 Å². The van der Waals surface area contributed by atoms with Crippen molar-refractivity contribution in [3.05, 3.63) is 62.8 Å². The molecule has 1 saturated heterocycles. The monoisotopic (exact) mass is 488 g/mol. The lowest BCUT2D eigenvalue weighted by molar-refractivity contribution is -0.384. The van der Waals surface area contributed by atoms with Crippen molar-refractivity contribution in [1.82, 2.24) is 20.5 Å². The third-order valence-corrected chi connectivity index (χ3v) is 6.08. The number of non-ortho nitro benzene ring substituents is 1. The van der Waals surface area contributed by atoms with Crippen LogP contribution in [0.4, 0.5) is 11.5 Å². The van der Waals surface area contributed by atoms with Gasteiger partial charge in [0.05, 0.1) is 15.5 Å². The normalized spacial score (nSPS) is 15.1.